The van der Waals surface area contributed by atoms with Crippen molar-refractivity contribution < 1.29 is 18.6 Å². The Balaban J connectivity index is 2.19. The highest BCUT2D eigenvalue weighted by Crippen LogP contribution is 2.42. The van der Waals surface area contributed by atoms with Crippen LogP contribution in [-0.4, -0.2) is 35.8 Å². The van der Waals surface area contributed by atoms with E-state index in [2.05, 4.69) is 40.4 Å². The van der Waals surface area contributed by atoms with Gasteiger partial charge in [0, 0.05) is 12.5 Å². The fraction of sp³-hybridized carbons (Fsp3) is 0.600. The van der Waals surface area contributed by atoms with Gasteiger partial charge in [-0.1, -0.05) is 33.4 Å². The van der Waals surface area contributed by atoms with Gasteiger partial charge >= 0.3 is 0 Å². The first kappa shape index (κ1) is 20.0. The minimum absolute atomic E-state index is 0.0583. The highest BCUT2D eigenvalue weighted by molar-refractivity contribution is 6.74. The molecule has 1 aromatic carbocycles. The first-order valence-electron chi connectivity index (χ1n) is 8.76. The highest BCUT2D eigenvalue weighted by atomic mass is 28.4. The third-order valence-electron chi connectivity index (χ3n) is 5.50. The summed E-state index contributed by atoms with van der Waals surface area (Å²) in [4.78, 5) is 0. The van der Waals surface area contributed by atoms with E-state index in [1.807, 2.05) is 18.2 Å². The molecular weight excluding hydrogens is 332 g/mol. The van der Waals surface area contributed by atoms with E-state index < -0.39 is 8.32 Å². The molecule has 25 heavy (non-hydrogen) atoms. The van der Waals surface area contributed by atoms with E-state index in [1.54, 1.807) is 14.2 Å². The second-order valence-corrected chi connectivity index (χ2v) is 13.0. The minimum atomic E-state index is -1.81. The zero-order valence-electron chi connectivity index (χ0n) is 16.6. The molecule has 2 atom stereocenters. The molecule has 4 nitrogen and oxygen atoms in total. The second-order valence-electron chi connectivity index (χ2n) is 8.18. The molecule has 1 aromatic rings. The van der Waals surface area contributed by atoms with Gasteiger partial charge in [0.15, 0.2) is 19.8 Å². The molecule has 0 unspecified atom stereocenters. The maximum Gasteiger partial charge on any atom is 0.192 e. The van der Waals surface area contributed by atoms with Crippen molar-refractivity contribution in [1.29, 1.82) is 0 Å². The third kappa shape index (κ3) is 4.27. The van der Waals surface area contributed by atoms with E-state index in [1.165, 1.54) is 0 Å². The van der Waals surface area contributed by atoms with Crippen LogP contribution in [-0.2, 0) is 9.16 Å². The molecule has 5 heteroatoms. The average Bonchev–Trinajstić information content (AvgIpc) is 2.92. The lowest BCUT2D eigenvalue weighted by atomic mass is 9.93. The van der Waals surface area contributed by atoms with Crippen LogP contribution in [0.1, 0.15) is 32.4 Å². The van der Waals surface area contributed by atoms with E-state index in [4.69, 9.17) is 18.6 Å². The lowest BCUT2D eigenvalue weighted by Gasteiger charge is -2.37. The SMILES string of the molecule is C=C1CO[C@H](c2ccc(OC)c(OC)c2)[C@H]1CO[Si](C)(C)C(C)(C)C. The van der Waals surface area contributed by atoms with Gasteiger partial charge in [-0.05, 0) is 41.4 Å². The largest absolute Gasteiger partial charge is 0.493 e. The maximum atomic E-state index is 6.44. The lowest BCUT2D eigenvalue weighted by Crippen LogP contribution is -2.42. The fourth-order valence-electron chi connectivity index (χ4n) is 2.71. The molecule has 0 saturated carbocycles. The first-order chi connectivity index (χ1) is 11.6. The molecule has 1 heterocycles. The molecule has 0 aromatic heterocycles. The Hall–Kier alpha value is -1.30. The van der Waals surface area contributed by atoms with Crippen molar-refractivity contribution in [2.24, 2.45) is 5.92 Å². The van der Waals surface area contributed by atoms with E-state index in [9.17, 15) is 0 Å². The monoisotopic (exact) mass is 364 g/mol. The van der Waals surface area contributed by atoms with Crippen molar-refractivity contribution in [2.75, 3.05) is 27.4 Å². The molecule has 1 aliphatic rings. The highest BCUT2D eigenvalue weighted by Gasteiger charge is 2.40. The van der Waals surface area contributed by atoms with Gasteiger partial charge in [-0.25, -0.2) is 0 Å². The molecular formula is C20H32O4Si. The zero-order valence-corrected chi connectivity index (χ0v) is 17.6. The normalized spacial score (nSPS) is 21.5. The average molecular weight is 365 g/mol. The summed E-state index contributed by atoms with van der Waals surface area (Å²) < 4.78 is 23.2. The molecule has 1 saturated heterocycles. The van der Waals surface area contributed by atoms with Gasteiger partial charge in [-0.3, -0.25) is 0 Å². The summed E-state index contributed by atoms with van der Waals surface area (Å²) in [5.41, 5.74) is 2.17. The van der Waals surface area contributed by atoms with Crippen molar-refractivity contribution in [3.8, 4) is 11.5 Å². The number of benzene rings is 1. The fourth-order valence-corrected chi connectivity index (χ4v) is 3.74. The van der Waals surface area contributed by atoms with Gasteiger partial charge in [-0.15, -0.1) is 0 Å². The Bertz CT molecular complexity index is 619. The molecule has 2 rings (SSSR count). The Morgan fingerprint density at radius 3 is 2.36 bits per heavy atom. The van der Waals surface area contributed by atoms with Crippen LogP contribution < -0.4 is 9.47 Å². The molecule has 1 fully saturated rings. The molecule has 0 bridgehead atoms. The van der Waals surface area contributed by atoms with E-state index in [0.717, 1.165) is 16.9 Å². The molecule has 1 aliphatic heterocycles. The summed E-state index contributed by atoms with van der Waals surface area (Å²) in [5.74, 6) is 1.59. The number of rotatable bonds is 6. The summed E-state index contributed by atoms with van der Waals surface area (Å²) in [7, 11) is 1.48. The minimum Gasteiger partial charge on any atom is -0.493 e. The number of hydrogen-bond donors (Lipinski definition) is 0. The van der Waals surface area contributed by atoms with E-state index in [0.29, 0.717) is 19.0 Å². The number of methoxy groups -OCH3 is 2. The lowest BCUT2D eigenvalue weighted by molar-refractivity contribution is 0.0736. The molecule has 140 valence electrons. The molecule has 0 radical (unpaired) electrons. The van der Waals surface area contributed by atoms with E-state index >= 15 is 0 Å². The topological polar surface area (TPSA) is 36.9 Å². The standard InChI is InChI=1S/C20H32O4Si/c1-14-12-23-19(15-9-10-17(21-5)18(11-15)22-6)16(14)13-24-25(7,8)20(2,3)4/h9-11,16,19H,1,12-13H2,2-8H3/t16-,19+/m0/s1. The van der Waals surface area contributed by atoms with Crippen molar-refractivity contribution in [3.05, 3.63) is 35.9 Å². The van der Waals surface area contributed by atoms with Gasteiger partial charge in [0.25, 0.3) is 0 Å². The Morgan fingerprint density at radius 1 is 1.16 bits per heavy atom. The predicted molar refractivity (Wildman–Crippen MR) is 104 cm³/mol. The molecule has 0 spiro atoms. The van der Waals surface area contributed by atoms with Gasteiger partial charge in [-0.2, -0.15) is 0 Å². The molecule has 0 amide bonds. The summed E-state index contributed by atoms with van der Waals surface area (Å²) in [5, 5.41) is 0.187. The van der Waals surface area contributed by atoms with Crippen molar-refractivity contribution >= 4 is 8.32 Å². The van der Waals surface area contributed by atoms with Crippen LogP contribution in [0.25, 0.3) is 0 Å². The quantitative estimate of drug-likeness (QED) is 0.527. The number of ether oxygens (including phenoxy) is 3. The summed E-state index contributed by atoms with van der Waals surface area (Å²) >= 11 is 0. The van der Waals surface area contributed by atoms with E-state index in [-0.39, 0.29) is 17.1 Å². The Kier molecular flexibility index (Phi) is 6.02. The van der Waals surface area contributed by atoms with Gasteiger partial charge in [0.1, 0.15) is 0 Å². The zero-order chi connectivity index (χ0) is 18.8. The van der Waals surface area contributed by atoms with Gasteiger partial charge < -0.3 is 18.6 Å². The van der Waals surface area contributed by atoms with Crippen LogP contribution in [0.3, 0.4) is 0 Å². The maximum absolute atomic E-state index is 6.44. The summed E-state index contributed by atoms with van der Waals surface area (Å²) in [6.45, 7) is 16.7. The van der Waals surface area contributed by atoms with Gasteiger partial charge in [0.2, 0.25) is 0 Å². The van der Waals surface area contributed by atoms with Crippen LogP contribution in [0, 0.1) is 5.92 Å². The first-order valence-corrected chi connectivity index (χ1v) is 11.7. The van der Waals surface area contributed by atoms with Crippen LogP contribution in [0.2, 0.25) is 18.1 Å². The third-order valence-corrected chi connectivity index (χ3v) is 10.0. The number of hydrogen-bond acceptors (Lipinski definition) is 4. The van der Waals surface area contributed by atoms with Gasteiger partial charge in [0.05, 0.1) is 26.9 Å². The van der Waals surface area contributed by atoms with Crippen LogP contribution >= 0.6 is 0 Å². The van der Waals surface area contributed by atoms with Crippen molar-refractivity contribution in [1.82, 2.24) is 0 Å². The van der Waals surface area contributed by atoms with Crippen LogP contribution in [0.5, 0.6) is 11.5 Å². The second kappa shape index (κ2) is 7.52. The Labute approximate surface area is 153 Å². The van der Waals surface area contributed by atoms with Crippen LogP contribution in [0.15, 0.2) is 30.4 Å². The predicted octanol–water partition coefficient (Wildman–Crippen LogP) is 4.97. The summed E-state index contributed by atoms with van der Waals surface area (Å²) in [6.07, 6.45) is -0.0583. The van der Waals surface area contributed by atoms with Crippen molar-refractivity contribution in [3.63, 3.8) is 0 Å². The van der Waals surface area contributed by atoms with Crippen LogP contribution in [0.4, 0.5) is 0 Å². The summed E-state index contributed by atoms with van der Waals surface area (Å²) in [6, 6.07) is 5.94. The van der Waals surface area contributed by atoms with Crippen molar-refractivity contribution in [2.45, 2.75) is 45.0 Å². The molecule has 0 aliphatic carbocycles. The Morgan fingerprint density at radius 2 is 1.80 bits per heavy atom. The smallest absolute Gasteiger partial charge is 0.192 e. The molecule has 0 N–H and O–H groups in total.